The lowest BCUT2D eigenvalue weighted by atomic mass is 9.87. The number of aliphatic hydroxyl groups excluding tert-OH is 1. The van der Waals surface area contributed by atoms with Gasteiger partial charge in [0.05, 0.1) is 5.54 Å². The van der Waals surface area contributed by atoms with E-state index in [2.05, 4.69) is 15.9 Å². The molecule has 0 saturated carbocycles. The van der Waals surface area contributed by atoms with Crippen molar-refractivity contribution in [3.8, 4) is 0 Å². The summed E-state index contributed by atoms with van der Waals surface area (Å²) in [5, 5.41) is 10.4. The summed E-state index contributed by atoms with van der Waals surface area (Å²) in [4.78, 5) is 11.1. The highest BCUT2D eigenvalue weighted by Crippen LogP contribution is 2.32. The Labute approximate surface area is 138 Å². The van der Waals surface area contributed by atoms with Crippen LogP contribution in [0.15, 0.2) is 22.7 Å². The van der Waals surface area contributed by atoms with Gasteiger partial charge in [0, 0.05) is 23.1 Å². The van der Waals surface area contributed by atoms with Crippen LogP contribution in [0.25, 0.3) is 0 Å². The van der Waals surface area contributed by atoms with Crippen molar-refractivity contribution in [1.29, 1.82) is 0 Å². The van der Waals surface area contributed by atoms with Crippen molar-refractivity contribution in [1.82, 2.24) is 5.32 Å². The van der Waals surface area contributed by atoms with Crippen molar-refractivity contribution in [3.63, 3.8) is 0 Å². The normalized spacial score (nSPS) is 14.0. The van der Waals surface area contributed by atoms with Crippen LogP contribution in [0.1, 0.15) is 12.0 Å². The Hall–Kier alpha value is -0.870. The molecule has 10 heteroatoms. The monoisotopic (exact) mass is 409 g/mol. The van der Waals surface area contributed by atoms with Crippen LogP contribution >= 0.6 is 29.4 Å². The van der Waals surface area contributed by atoms with E-state index in [-0.39, 0.29) is 18.0 Å². The molecule has 0 aliphatic carbocycles. The maximum atomic E-state index is 13.8. The maximum absolute atomic E-state index is 13.8. The van der Waals surface area contributed by atoms with Gasteiger partial charge in [-0.15, -0.1) is 0 Å². The van der Waals surface area contributed by atoms with Gasteiger partial charge in [0.2, 0.25) is 0 Å². The molecule has 0 bridgehead atoms. The topological polar surface area (TPSA) is 49.3 Å². The average molecular weight is 410 g/mol. The van der Waals surface area contributed by atoms with Crippen LogP contribution < -0.4 is 5.32 Å². The molecule has 0 unspecified atom stereocenters. The highest BCUT2D eigenvalue weighted by molar-refractivity contribution is 9.10. The molecule has 1 amide bonds. The highest BCUT2D eigenvalue weighted by Gasteiger charge is 2.45. The van der Waals surface area contributed by atoms with Crippen LogP contribution in [0.5, 0.6) is 0 Å². The van der Waals surface area contributed by atoms with E-state index in [0.717, 1.165) is 12.1 Å². The Balaban J connectivity index is 0.00000441. The van der Waals surface area contributed by atoms with E-state index in [9.17, 15) is 26.7 Å². The SMILES string of the molecule is O=C(N[C@@](CF)(CCO)c1cc(Br)ccc1F)C(F)(F)F.S. The van der Waals surface area contributed by atoms with Gasteiger partial charge in [-0.25, -0.2) is 8.78 Å². The first kappa shape index (κ1) is 21.1. The lowest BCUT2D eigenvalue weighted by Gasteiger charge is -2.33. The first-order valence-corrected chi connectivity index (χ1v) is 6.47. The van der Waals surface area contributed by atoms with Gasteiger partial charge in [-0.1, -0.05) is 15.9 Å². The molecule has 1 aromatic rings. The second-order valence-electron chi connectivity index (χ2n) is 4.27. The Bertz CT molecular complexity index is 529. The van der Waals surface area contributed by atoms with Gasteiger partial charge >= 0.3 is 12.1 Å². The van der Waals surface area contributed by atoms with Gasteiger partial charge < -0.3 is 10.4 Å². The molecule has 1 rings (SSSR count). The van der Waals surface area contributed by atoms with E-state index >= 15 is 0 Å². The molecule has 0 radical (unpaired) electrons. The van der Waals surface area contributed by atoms with E-state index in [0.29, 0.717) is 0 Å². The minimum atomic E-state index is -5.25. The van der Waals surface area contributed by atoms with Crippen LogP contribution in [-0.2, 0) is 10.3 Å². The Morgan fingerprint density at radius 2 is 1.91 bits per heavy atom. The number of nitrogens with one attached hydrogen (secondary N) is 1. The van der Waals surface area contributed by atoms with Gasteiger partial charge in [-0.3, -0.25) is 4.79 Å². The summed E-state index contributed by atoms with van der Waals surface area (Å²) in [5.41, 5.74) is -2.78. The molecule has 0 aliphatic heterocycles. The fraction of sp³-hybridized carbons (Fsp3) is 0.417. The van der Waals surface area contributed by atoms with Crippen LogP contribution in [0.3, 0.4) is 0 Å². The molecule has 1 atom stereocenters. The smallest absolute Gasteiger partial charge is 0.396 e. The molecule has 0 saturated heterocycles. The van der Waals surface area contributed by atoms with Gasteiger partial charge in [0.15, 0.2) is 0 Å². The third-order valence-electron chi connectivity index (χ3n) is 2.82. The molecular formula is C12H13BrF5NO2S. The summed E-state index contributed by atoms with van der Waals surface area (Å²) in [7, 11) is 0. The third kappa shape index (κ3) is 4.82. The Morgan fingerprint density at radius 1 is 1.32 bits per heavy atom. The summed E-state index contributed by atoms with van der Waals surface area (Å²) in [5.74, 6) is -3.40. The number of hydrogen-bond donors (Lipinski definition) is 2. The zero-order chi connectivity index (χ0) is 16.3. The first-order chi connectivity index (χ1) is 9.66. The predicted molar refractivity (Wildman–Crippen MR) is 78.0 cm³/mol. The molecule has 0 fully saturated rings. The number of aliphatic hydroxyl groups is 1. The summed E-state index contributed by atoms with van der Waals surface area (Å²) >= 11 is 2.99. The zero-order valence-corrected chi connectivity index (χ0v) is 13.6. The number of carbonyl (C=O) groups is 1. The molecular weight excluding hydrogens is 397 g/mol. The Kier molecular flexibility index (Phi) is 7.79. The summed E-state index contributed by atoms with van der Waals surface area (Å²) in [6.45, 7) is -2.25. The van der Waals surface area contributed by atoms with Gasteiger partial charge in [-0.05, 0) is 18.2 Å². The van der Waals surface area contributed by atoms with E-state index in [4.69, 9.17) is 5.11 Å². The van der Waals surface area contributed by atoms with Crippen molar-refractivity contribution in [2.45, 2.75) is 18.1 Å². The molecule has 126 valence electrons. The van der Waals surface area contributed by atoms with Gasteiger partial charge in [0.1, 0.15) is 12.5 Å². The van der Waals surface area contributed by atoms with Crippen LogP contribution in [0, 0.1) is 5.82 Å². The van der Waals surface area contributed by atoms with Crippen molar-refractivity contribution in [2.24, 2.45) is 0 Å². The van der Waals surface area contributed by atoms with E-state index in [1.165, 1.54) is 11.4 Å². The molecule has 3 nitrogen and oxygen atoms in total. The second kappa shape index (κ2) is 8.11. The highest BCUT2D eigenvalue weighted by atomic mass is 79.9. The largest absolute Gasteiger partial charge is 0.471 e. The van der Waals surface area contributed by atoms with E-state index < -0.39 is 48.7 Å². The van der Waals surface area contributed by atoms with Crippen molar-refractivity contribution in [3.05, 3.63) is 34.1 Å². The number of benzene rings is 1. The first-order valence-electron chi connectivity index (χ1n) is 5.68. The summed E-state index contributed by atoms with van der Waals surface area (Å²) in [6.07, 6.45) is -5.86. The number of carbonyl (C=O) groups excluding carboxylic acids is 1. The fourth-order valence-corrected chi connectivity index (χ4v) is 2.14. The zero-order valence-electron chi connectivity index (χ0n) is 11.0. The van der Waals surface area contributed by atoms with Crippen LogP contribution in [0.4, 0.5) is 22.0 Å². The predicted octanol–water partition coefficient (Wildman–Crippen LogP) is 2.93. The molecule has 0 heterocycles. The maximum Gasteiger partial charge on any atom is 0.471 e. The lowest BCUT2D eigenvalue weighted by molar-refractivity contribution is -0.176. The van der Waals surface area contributed by atoms with E-state index in [1.54, 1.807) is 0 Å². The lowest BCUT2D eigenvalue weighted by Crippen LogP contribution is -2.53. The number of rotatable bonds is 5. The molecule has 22 heavy (non-hydrogen) atoms. The van der Waals surface area contributed by atoms with Gasteiger partial charge in [-0.2, -0.15) is 26.7 Å². The summed E-state index contributed by atoms with van der Waals surface area (Å²) < 4.78 is 64.5. The minimum Gasteiger partial charge on any atom is -0.396 e. The van der Waals surface area contributed by atoms with Crippen molar-refractivity contribution in [2.75, 3.05) is 13.3 Å². The second-order valence-corrected chi connectivity index (χ2v) is 5.18. The van der Waals surface area contributed by atoms with E-state index in [1.807, 2.05) is 0 Å². The summed E-state index contributed by atoms with van der Waals surface area (Å²) in [6, 6.07) is 3.24. The van der Waals surface area contributed by atoms with Gasteiger partial charge in [0.25, 0.3) is 0 Å². The molecule has 0 aliphatic rings. The number of hydrogen-bond acceptors (Lipinski definition) is 2. The number of alkyl halides is 4. The van der Waals surface area contributed by atoms with Crippen molar-refractivity contribution >= 4 is 35.3 Å². The fourth-order valence-electron chi connectivity index (χ4n) is 1.78. The number of halogens is 6. The Morgan fingerprint density at radius 3 is 2.36 bits per heavy atom. The quantitative estimate of drug-likeness (QED) is 0.734. The van der Waals surface area contributed by atoms with Crippen LogP contribution in [0.2, 0.25) is 0 Å². The molecule has 0 aromatic heterocycles. The van der Waals surface area contributed by atoms with Crippen molar-refractivity contribution < 1.29 is 31.9 Å². The molecule has 1 aromatic carbocycles. The number of amides is 1. The van der Waals surface area contributed by atoms with Crippen LogP contribution in [-0.4, -0.2) is 30.5 Å². The molecule has 2 N–H and O–H groups in total. The minimum absolute atomic E-state index is 0. The standard InChI is InChI=1S/C12H11BrF5NO2.H2S/c13-7-1-2-9(15)8(5-7)11(6-14,3-4-20)19-10(21)12(16,17)18;/h1-2,5,20H,3-4,6H2,(H,19,21);1H2/t11-;/m1./s1. The molecule has 0 spiro atoms. The average Bonchev–Trinajstić information content (AvgIpc) is 2.39. The third-order valence-corrected chi connectivity index (χ3v) is 3.31.